The van der Waals surface area contributed by atoms with Gasteiger partial charge in [0.15, 0.2) is 0 Å². The van der Waals surface area contributed by atoms with Gasteiger partial charge < -0.3 is 16.5 Å². The Bertz CT molecular complexity index is 742. The molecule has 2 heterocycles. The molecule has 0 unspecified atom stereocenters. The number of nitrogens with one attached hydrogen (secondary N) is 1. The number of primary amides is 1. The first-order valence-corrected chi connectivity index (χ1v) is 6.29. The summed E-state index contributed by atoms with van der Waals surface area (Å²) < 4.78 is 1.20. The van der Waals surface area contributed by atoms with E-state index in [1.807, 2.05) is 23.6 Å². The van der Waals surface area contributed by atoms with Crippen molar-refractivity contribution in [1.82, 2.24) is 4.98 Å². The number of rotatable bonds is 2. The second kappa shape index (κ2) is 3.89. The molecule has 0 saturated heterocycles. The Balaban J connectivity index is 2.20. The van der Waals surface area contributed by atoms with Gasteiger partial charge in [-0.25, -0.2) is 0 Å². The van der Waals surface area contributed by atoms with Crippen molar-refractivity contribution < 1.29 is 4.79 Å². The minimum absolute atomic E-state index is 0.313. The maximum Gasteiger partial charge on any atom is 0.252 e. The Morgan fingerprint density at radius 2 is 2.06 bits per heavy atom. The number of amides is 1. The lowest BCUT2D eigenvalue weighted by molar-refractivity contribution is 0.100. The first-order chi connectivity index (χ1) is 8.66. The standard InChI is InChI=1S/C13H11N3OS/c14-12-8(13(15)17)5-10(16-12)9-6-18-11-4-2-1-3-7(9)11/h1-6,16H,14H2,(H2,15,17). The van der Waals surface area contributed by atoms with Gasteiger partial charge in [-0.05, 0) is 12.1 Å². The highest BCUT2D eigenvalue weighted by atomic mass is 32.1. The highest BCUT2D eigenvalue weighted by Gasteiger charge is 2.13. The normalized spacial score (nSPS) is 10.9. The molecule has 18 heavy (non-hydrogen) atoms. The SMILES string of the molecule is NC(=O)c1cc(-c2csc3ccccc23)[nH]c1N. The molecule has 2 aromatic heterocycles. The van der Waals surface area contributed by atoms with Gasteiger partial charge in [-0.15, -0.1) is 11.3 Å². The van der Waals surface area contributed by atoms with Crippen LogP contribution in [0.25, 0.3) is 21.3 Å². The van der Waals surface area contributed by atoms with Crippen LogP contribution in [0.4, 0.5) is 5.82 Å². The fourth-order valence-electron chi connectivity index (χ4n) is 2.01. The minimum Gasteiger partial charge on any atom is -0.385 e. The Labute approximate surface area is 107 Å². The molecule has 1 amide bonds. The Morgan fingerprint density at radius 3 is 2.78 bits per heavy atom. The molecule has 0 atom stereocenters. The van der Waals surface area contributed by atoms with Crippen molar-refractivity contribution in [3.8, 4) is 11.3 Å². The van der Waals surface area contributed by atoms with Gasteiger partial charge >= 0.3 is 0 Å². The van der Waals surface area contributed by atoms with Crippen LogP contribution in [0.2, 0.25) is 0 Å². The molecule has 4 nitrogen and oxygen atoms in total. The van der Waals surface area contributed by atoms with E-state index in [1.54, 1.807) is 17.4 Å². The number of aromatic amines is 1. The van der Waals surface area contributed by atoms with E-state index in [-0.39, 0.29) is 0 Å². The molecular formula is C13H11N3OS. The molecule has 3 rings (SSSR count). The van der Waals surface area contributed by atoms with Crippen molar-refractivity contribution >= 4 is 33.1 Å². The van der Waals surface area contributed by atoms with E-state index < -0.39 is 5.91 Å². The van der Waals surface area contributed by atoms with E-state index in [4.69, 9.17) is 11.5 Å². The van der Waals surface area contributed by atoms with Crippen molar-refractivity contribution in [1.29, 1.82) is 0 Å². The van der Waals surface area contributed by atoms with Gasteiger partial charge in [0.05, 0.1) is 5.56 Å². The smallest absolute Gasteiger partial charge is 0.252 e. The lowest BCUT2D eigenvalue weighted by Crippen LogP contribution is -2.11. The number of nitrogens with two attached hydrogens (primary N) is 2. The number of carbonyl (C=O) groups excluding carboxylic acids is 1. The van der Waals surface area contributed by atoms with Crippen molar-refractivity contribution in [3.05, 3.63) is 41.3 Å². The van der Waals surface area contributed by atoms with Gasteiger partial charge in [0.25, 0.3) is 5.91 Å². The number of hydrogen-bond acceptors (Lipinski definition) is 3. The molecule has 90 valence electrons. The zero-order valence-corrected chi connectivity index (χ0v) is 10.3. The third-order valence-corrected chi connectivity index (χ3v) is 3.85. The summed E-state index contributed by atoms with van der Waals surface area (Å²) in [6.07, 6.45) is 0. The molecule has 0 fully saturated rings. The summed E-state index contributed by atoms with van der Waals surface area (Å²) in [6, 6.07) is 9.79. The van der Waals surface area contributed by atoms with Crippen molar-refractivity contribution in [2.24, 2.45) is 5.73 Å². The number of H-pyrrole nitrogens is 1. The molecule has 5 heteroatoms. The molecule has 5 N–H and O–H groups in total. The topological polar surface area (TPSA) is 84.9 Å². The quantitative estimate of drug-likeness (QED) is 0.659. The fourth-order valence-corrected chi connectivity index (χ4v) is 2.97. The maximum absolute atomic E-state index is 11.2. The second-order valence-electron chi connectivity index (χ2n) is 4.02. The van der Waals surface area contributed by atoms with Gasteiger partial charge in [-0.3, -0.25) is 4.79 Å². The van der Waals surface area contributed by atoms with Crippen molar-refractivity contribution in [3.63, 3.8) is 0 Å². The summed E-state index contributed by atoms with van der Waals surface area (Å²) in [7, 11) is 0. The van der Waals surface area contributed by atoms with Crippen LogP contribution in [0.3, 0.4) is 0 Å². The summed E-state index contributed by atoms with van der Waals surface area (Å²) in [5.74, 6) is -0.206. The van der Waals surface area contributed by atoms with Gasteiger partial charge in [-0.2, -0.15) is 0 Å². The first-order valence-electron chi connectivity index (χ1n) is 5.41. The second-order valence-corrected chi connectivity index (χ2v) is 4.93. The summed E-state index contributed by atoms with van der Waals surface area (Å²) in [5, 5.41) is 3.18. The average molecular weight is 257 g/mol. The lowest BCUT2D eigenvalue weighted by atomic mass is 10.1. The van der Waals surface area contributed by atoms with Crippen LogP contribution in [0.15, 0.2) is 35.7 Å². The van der Waals surface area contributed by atoms with E-state index >= 15 is 0 Å². The summed E-state index contributed by atoms with van der Waals surface area (Å²) in [6.45, 7) is 0. The number of nitrogen functional groups attached to an aromatic ring is 1. The molecule has 0 saturated carbocycles. The third kappa shape index (κ3) is 1.56. The molecule has 0 aliphatic rings. The van der Waals surface area contributed by atoms with E-state index in [9.17, 15) is 4.79 Å². The number of hydrogen-bond donors (Lipinski definition) is 3. The lowest BCUT2D eigenvalue weighted by Gasteiger charge is -1.95. The first kappa shape index (κ1) is 10.9. The van der Waals surface area contributed by atoms with Crippen LogP contribution in [0, 0.1) is 0 Å². The van der Waals surface area contributed by atoms with Gasteiger partial charge in [0.1, 0.15) is 5.82 Å². The van der Waals surface area contributed by atoms with Gasteiger partial charge in [0.2, 0.25) is 0 Å². The van der Waals surface area contributed by atoms with Crippen LogP contribution in [0.1, 0.15) is 10.4 Å². The van der Waals surface area contributed by atoms with Crippen molar-refractivity contribution in [2.45, 2.75) is 0 Å². The van der Waals surface area contributed by atoms with E-state index in [0.29, 0.717) is 11.4 Å². The summed E-state index contributed by atoms with van der Waals surface area (Å²) in [4.78, 5) is 14.2. The Kier molecular flexibility index (Phi) is 2.34. The third-order valence-electron chi connectivity index (χ3n) is 2.88. The Morgan fingerprint density at radius 1 is 1.28 bits per heavy atom. The predicted molar refractivity (Wildman–Crippen MR) is 74.5 cm³/mol. The molecule has 0 bridgehead atoms. The number of fused-ring (bicyclic) bond motifs is 1. The zero-order chi connectivity index (χ0) is 12.7. The summed E-state index contributed by atoms with van der Waals surface area (Å²) >= 11 is 1.66. The van der Waals surface area contributed by atoms with E-state index in [0.717, 1.165) is 16.6 Å². The largest absolute Gasteiger partial charge is 0.385 e. The molecular weight excluding hydrogens is 246 g/mol. The Hall–Kier alpha value is -2.27. The van der Waals surface area contributed by atoms with Crippen LogP contribution in [0.5, 0.6) is 0 Å². The van der Waals surface area contributed by atoms with Crippen LogP contribution >= 0.6 is 11.3 Å². The van der Waals surface area contributed by atoms with Gasteiger partial charge in [0, 0.05) is 26.7 Å². The van der Waals surface area contributed by atoms with Crippen LogP contribution in [-0.4, -0.2) is 10.9 Å². The molecule has 0 spiro atoms. The van der Waals surface area contributed by atoms with Crippen LogP contribution in [-0.2, 0) is 0 Å². The highest BCUT2D eigenvalue weighted by Crippen LogP contribution is 2.34. The number of benzene rings is 1. The zero-order valence-electron chi connectivity index (χ0n) is 9.44. The number of carbonyl (C=O) groups is 1. The van der Waals surface area contributed by atoms with Crippen molar-refractivity contribution in [2.75, 3.05) is 5.73 Å². The monoisotopic (exact) mass is 257 g/mol. The maximum atomic E-state index is 11.2. The van der Waals surface area contributed by atoms with Crippen LogP contribution < -0.4 is 11.5 Å². The number of anilines is 1. The highest BCUT2D eigenvalue weighted by molar-refractivity contribution is 7.17. The summed E-state index contributed by atoms with van der Waals surface area (Å²) in [5.41, 5.74) is 13.2. The fraction of sp³-hybridized carbons (Fsp3) is 0. The molecule has 0 radical (unpaired) electrons. The van der Waals surface area contributed by atoms with Gasteiger partial charge in [-0.1, -0.05) is 18.2 Å². The minimum atomic E-state index is -0.519. The molecule has 0 aliphatic heterocycles. The molecule has 0 aliphatic carbocycles. The predicted octanol–water partition coefficient (Wildman–Crippen LogP) is 2.58. The van der Waals surface area contributed by atoms with E-state index in [2.05, 4.69) is 11.1 Å². The number of aromatic nitrogens is 1. The molecule has 1 aromatic carbocycles. The van der Waals surface area contributed by atoms with E-state index in [1.165, 1.54) is 4.70 Å². The average Bonchev–Trinajstić information content (AvgIpc) is 2.92. The number of thiophene rings is 1. The molecule has 3 aromatic rings.